The molecule has 3 N–H and O–H groups in total. The third kappa shape index (κ3) is 2.83. The molecule has 1 heterocycles. The first kappa shape index (κ1) is 14.1. The molecule has 0 saturated heterocycles. The predicted molar refractivity (Wildman–Crippen MR) is 70.9 cm³/mol. The van der Waals surface area contributed by atoms with E-state index in [2.05, 4.69) is 11.4 Å². The summed E-state index contributed by atoms with van der Waals surface area (Å²) in [4.78, 5) is 11.8. The van der Waals surface area contributed by atoms with Gasteiger partial charge < -0.3 is 15.6 Å². The molecule has 1 aromatic rings. The molecule has 0 aliphatic rings. The Morgan fingerprint density at radius 3 is 2.56 bits per heavy atom. The fourth-order valence-electron chi connectivity index (χ4n) is 1.75. The summed E-state index contributed by atoms with van der Waals surface area (Å²) >= 11 is 0. The molecule has 1 aromatic heterocycles. The van der Waals surface area contributed by atoms with Crippen molar-refractivity contribution in [3.05, 3.63) is 16.8 Å². The van der Waals surface area contributed by atoms with Gasteiger partial charge in [-0.25, -0.2) is 0 Å². The zero-order valence-electron chi connectivity index (χ0n) is 11.4. The minimum atomic E-state index is -0.0852. The van der Waals surface area contributed by atoms with E-state index in [1.165, 1.54) is 0 Å². The molecule has 0 aliphatic carbocycles. The fourth-order valence-corrected chi connectivity index (χ4v) is 1.75. The molecule has 0 bridgehead atoms. The fraction of sp³-hybridized carbons (Fsp3) is 0.538. The molecule has 0 spiro atoms. The van der Waals surface area contributed by atoms with Crippen LogP contribution in [0.5, 0.6) is 0 Å². The molecule has 5 heteroatoms. The number of hydrogen-bond acceptors (Lipinski definition) is 3. The molecule has 98 valence electrons. The number of nitrogens with two attached hydrogens (primary N) is 1. The Kier molecular flexibility index (Phi) is 4.38. The molecule has 0 radical (unpaired) electrons. The number of nitrogens with one attached hydrogen (secondary N) is 1. The van der Waals surface area contributed by atoms with E-state index in [9.17, 15) is 4.79 Å². The number of carbonyl (C=O) groups excluding carboxylic acids is 1. The highest BCUT2D eigenvalue weighted by Gasteiger charge is 2.16. The minimum absolute atomic E-state index is 0.0852. The summed E-state index contributed by atoms with van der Waals surface area (Å²) in [6.45, 7) is 8.58. The monoisotopic (exact) mass is 248 g/mol. The Bertz CT molecular complexity index is 494. The van der Waals surface area contributed by atoms with Crippen LogP contribution < -0.4 is 11.1 Å². The normalized spacial score (nSPS) is 10.4. The van der Waals surface area contributed by atoms with Crippen molar-refractivity contribution in [2.24, 2.45) is 5.92 Å². The molecule has 1 amide bonds. The highest BCUT2D eigenvalue weighted by Crippen LogP contribution is 2.22. The molecule has 0 saturated carbocycles. The van der Waals surface area contributed by atoms with Gasteiger partial charge in [-0.2, -0.15) is 5.26 Å². The van der Waals surface area contributed by atoms with Crippen molar-refractivity contribution in [3.8, 4) is 6.07 Å². The highest BCUT2D eigenvalue weighted by molar-refractivity contribution is 5.77. The van der Waals surface area contributed by atoms with Gasteiger partial charge in [0.2, 0.25) is 5.91 Å². The maximum atomic E-state index is 11.8. The second-order valence-corrected chi connectivity index (χ2v) is 4.87. The number of nitrogens with zero attached hydrogens (tertiary/aromatic N) is 2. The zero-order chi connectivity index (χ0) is 13.9. The van der Waals surface area contributed by atoms with Crippen LogP contribution in [0.3, 0.4) is 0 Å². The molecular weight excluding hydrogens is 228 g/mol. The molecular formula is C13H20N4O. The van der Waals surface area contributed by atoms with Gasteiger partial charge in [-0.1, -0.05) is 13.8 Å². The van der Waals surface area contributed by atoms with E-state index in [1.54, 1.807) is 4.57 Å². The quantitative estimate of drug-likeness (QED) is 0.843. The van der Waals surface area contributed by atoms with E-state index in [0.717, 1.165) is 11.3 Å². The maximum absolute atomic E-state index is 11.8. The van der Waals surface area contributed by atoms with E-state index >= 15 is 0 Å². The highest BCUT2D eigenvalue weighted by atomic mass is 16.1. The van der Waals surface area contributed by atoms with Crippen LogP contribution in [-0.2, 0) is 11.3 Å². The Morgan fingerprint density at radius 2 is 2.11 bits per heavy atom. The van der Waals surface area contributed by atoms with Crippen LogP contribution in [-0.4, -0.2) is 17.0 Å². The molecule has 1 rings (SSSR count). The topological polar surface area (TPSA) is 83.8 Å². The molecule has 0 fully saturated rings. The van der Waals surface area contributed by atoms with Gasteiger partial charge in [0, 0.05) is 12.2 Å². The van der Waals surface area contributed by atoms with Gasteiger partial charge in [0.25, 0.3) is 0 Å². The van der Waals surface area contributed by atoms with Gasteiger partial charge in [-0.05, 0) is 25.3 Å². The van der Waals surface area contributed by atoms with Crippen molar-refractivity contribution < 1.29 is 4.79 Å². The number of anilines is 1. The van der Waals surface area contributed by atoms with Gasteiger partial charge in [0.15, 0.2) is 0 Å². The van der Waals surface area contributed by atoms with Crippen molar-refractivity contribution >= 4 is 11.7 Å². The molecule has 0 aliphatic heterocycles. The Balaban J connectivity index is 2.86. The molecule has 5 nitrogen and oxygen atoms in total. The third-order valence-corrected chi connectivity index (χ3v) is 2.99. The molecule has 0 atom stereocenters. The van der Waals surface area contributed by atoms with Gasteiger partial charge in [0.1, 0.15) is 18.4 Å². The molecule has 0 aromatic carbocycles. The third-order valence-electron chi connectivity index (χ3n) is 2.99. The minimum Gasteiger partial charge on any atom is -0.384 e. The number of nitrogen functional groups attached to an aromatic ring is 1. The first-order valence-corrected chi connectivity index (χ1v) is 6.00. The van der Waals surface area contributed by atoms with Crippen molar-refractivity contribution in [2.75, 3.05) is 12.3 Å². The number of aromatic nitrogens is 1. The van der Waals surface area contributed by atoms with Gasteiger partial charge in [0.05, 0.1) is 5.56 Å². The second kappa shape index (κ2) is 5.58. The van der Waals surface area contributed by atoms with Crippen LogP contribution in [0.15, 0.2) is 0 Å². The summed E-state index contributed by atoms with van der Waals surface area (Å²) in [6.07, 6.45) is 0. The Hall–Kier alpha value is -1.96. The summed E-state index contributed by atoms with van der Waals surface area (Å²) in [6, 6.07) is 2.07. The van der Waals surface area contributed by atoms with Crippen LogP contribution in [0.25, 0.3) is 0 Å². The average Bonchev–Trinajstić information content (AvgIpc) is 2.51. The summed E-state index contributed by atoms with van der Waals surface area (Å²) < 4.78 is 1.68. The summed E-state index contributed by atoms with van der Waals surface area (Å²) in [5.74, 6) is 0.693. The number of rotatable bonds is 4. The first-order chi connectivity index (χ1) is 8.38. The van der Waals surface area contributed by atoms with E-state index in [-0.39, 0.29) is 12.5 Å². The zero-order valence-corrected chi connectivity index (χ0v) is 11.4. The van der Waals surface area contributed by atoms with E-state index < -0.39 is 0 Å². The average molecular weight is 248 g/mol. The Morgan fingerprint density at radius 1 is 1.50 bits per heavy atom. The van der Waals surface area contributed by atoms with Crippen LogP contribution in [0.2, 0.25) is 0 Å². The predicted octanol–water partition coefficient (Wildman–Crippen LogP) is 1.33. The van der Waals surface area contributed by atoms with E-state index in [1.807, 2.05) is 27.7 Å². The van der Waals surface area contributed by atoms with Crippen molar-refractivity contribution in [2.45, 2.75) is 34.2 Å². The largest absolute Gasteiger partial charge is 0.384 e. The lowest BCUT2D eigenvalue weighted by Crippen LogP contribution is -2.31. The smallest absolute Gasteiger partial charge is 0.240 e. The van der Waals surface area contributed by atoms with Gasteiger partial charge in [-0.15, -0.1) is 0 Å². The Labute approximate surface area is 108 Å². The van der Waals surface area contributed by atoms with Crippen molar-refractivity contribution in [1.82, 2.24) is 9.88 Å². The SMILES string of the molecule is Cc1c(C#N)c(N)n(CC(=O)NCC(C)C)c1C. The number of carbonyl (C=O) groups is 1. The van der Waals surface area contributed by atoms with E-state index in [4.69, 9.17) is 11.0 Å². The summed E-state index contributed by atoms with van der Waals surface area (Å²) in [7, 11) is 0. The van der Waals surface area contributed by atoms with Crippen LogP contribution in [0, 0.1) is 31.1 Å². The van der Waals surface area contributed by atoms with Crippen molar-refractivity contribution in [3.63, 3.8) is 0 Å². The van der Waals surface area contributed by atoms with Gasteiger partial charge >= 0.3 is 0 Å². The lowest BCUT2D eigenvalue weighted by Gasteiger charge is -2.11. The molecule has 0 unspecified atom stereocenters. The standard InChI is InChI=1S/C13H20N4O/c1-8(2)6-16-12(18)7-17-10(4)9(3)11(5-14)13(17)15/h8H,6-7,15H2,1-4H3,(H,16,18). The maximum Gasteiger partial charge on any atom is 0.240 e. The van der Waals surface area contributed by atoms with Crippen LogP contribution in [0.1, 0.15) is 30.7 Å². The van der Waals surface area contributed by atoms with Crippen molar-refractivity contribution in [1.29, 1.82) is 5.26 Å². The second-order valence-electron chi connectivity index (χ2n) is 4.87. The summed E-state index contributed by atoms with van der Waals surface area (Å²) in [5.41, 5.74) is 8.05. The lowest BCUT2D eigenvalue weighted by molar-refractivity contribution is -0.121. The number of nitriles is 1. The lowest BCUT2D eigenvalue weighted by atomic mass is 10.2. The van der Waals surface area contributed by atoms with Crippen LogP contribution >= 0.6 is 0 Å². The number of amides is 1. The first-order valence-electron chi connectivity index (χ1n) is 6.00. The number of hydrogen-bond donors (Lipinski definition) is 2. The molecule has 18 heavy (non-hydrogen) atoms. The van der Waals surface area contributed by atoms with Gasteiger partial charge in [-0.3, -0.25) is 4.79 Å². The van der Waals surface area contributed by atoms with E-state index in [0.29, 0.717) is 23.8 Å². The van der Waals surface area contributed by atoms with Crippen LogP contribution in [0.4, 0.5) is 5.82 Å². The summed E-state index contributed by atoms with van der Waals surface area (Å²) in [5, 5.41) is 11.8.